The Labute approximate surface area is 119 Å². The molecule has 2 heterocycles. The van der Waals surface area contributed by atoms with Crippen molar-refractivity contribution in [2.24, 2.45) is 0 Å². The van der Waals surface area contributed by atoms with E-state index >= 15 is 0 Å². The molecule has 21 heavy (non-hydrogen) atoms. The third kappa shape index (κ3) is 2.94. The number of benzene rings is 1. The summed E-state index contributed by atoms with van der Waals surface area (Å²) in [5.74, 6) is -0.586. The van der Waals surface area contributed by atoms with Gasteiger partial charge in [-0.3, -0.25) is 4.79 Å². The lowest BCUT2D eigenvalue weighted by Crippen LogP contribution is -2.14. The van der Waals surface area contributed by atoms with E-state index in [1.54, 1.807) is 24.4 Å². The number of amides is 1. The molecule has 0 fully saturated rings. The van der Waals surface area contributed by atoms with E-state index < -0.39 is 11.9 Å². The van der Waals surface area contributed by atoms with E-state index in [2.05, 4.69) is 15.3 Å². The van der Waals surface area contributed by atoms with Crippen molar-refractivity contribution < 1.29 is 13.6 Å². The number of nitrogens with one attached hydrogen (secondary N) is 1. The number of aromatic nitrogens is 2. The molecule has 0 aliphatic heterocycles. The van der Waals surface area contributed by atoms with Gasteiger partial charge in [-0.1, -0.05) is 18.2 Å². The number of halogens is 1. The second kappa shape index (κ2) is 5.54. The van der Waals surface area contributed by atoms with Gasteiger partial charge in [-0.2, -0.15) is 4.39 Å². The smallest absolute Gasteiger partial charge is 0.274 e. The topological polar surface area (TPSA) is 68.0 Å². The van der Waals surface area contributed by atoms with Gasteiger partial charge >= 0.3 is 0 Å². The van der Waals surface area contributed by atoms with Crippen LogP contribution in [0.25, 0.3) is 11.3 Å². The van der Waals surface area contributed by atoms with E-state index in [1.807, 2.05) is 6.07 Å². The van der Waals surface area contributed by atoms with Crippen LogP contribution in [0.1, 0.15) is 10.5 Å². The van der Waals surface area contributed by atoms with Gasteiger partial charge in [-0.05, 0) is 24.3 Å². The van der Waals surface area contributed by atoms with Gasteiger partial charge in [0.2, 0.25) is 5.95 Å². The van der Waals surface area contributed by atoms with Gasteiger partial charge in [-0.15, -0.1) is 0 Å². The second-order valence-electron chi connectivity index (χ2n) is 4.25. The first kappa shape index (κ1) is 13.0. The zero-order chi connectivity index (χ0) is 14.7. The minimum atomic E-state index is -0.696. The number of hydrogen-bond donors (Lipinski definition) is 1. The highest BCUT2D eigenvalue weighted by atomic mass is 19.1. The number of anilines is 1. The molecule has 1 aromatic carbocycles. The molecule has 0 spiro atoms. The van der Waals surface area contributed by atoms with Gasteiger partial charge in [0.25, 0.3) is 5.91 Å². The van der Waals surface area contributed by atoms with E-state index in [9.17, 15) is 9.18 Å². The Morgan fingerprint density at radius 1 is 1.19 bits per heavy atom. The quantitative estimate of drug-likeness (QED) is 0.750. The summed E-state index contributed by atoms with van der Waals surface area (Å²) in [4.78, 5) is 19.4. The lowest BCUT2D eigenvalue weighted by atomic mass is 10.1. The van der Waals surface area contributed by atoms with Crippen molar-refractivity contribution in [1.82, 2.24) is 9.97 Å². The van der Waals surface area contributed by atoms with E-state index in [-0.39, 0.29) is 5.69 Å². The van der Waals surface area contributed by atoms with E-state index in [4.69, 9.17) is 4.42 Å². The van der Waals surface area contributed by atoms with Crippen LogP contribution in [0.15, 0.2) is 59.5 Å². The van der Waals surface area contributed by atoms with Crippen LogP contribution in [0.3, 0.4) is 0 Å². The fourth-order valence-corrected chi connectivity index (χ4v) is 1.84. The molecule has 0 atom stereocenters. The van der Waals surface area contributed by atoms with Gasteiger partial charge in [0, 0.05) is 11.3 Å². The summed E-state index contributed by atoms with van der Waals surface area (Å²) in [6.45, 7) is 0. The zero-order valence-corrected chi connectivity index (χ0v) is 10.8. The number of rotatable bonds is 3. The molecule has 2 aromatic heterocycles. The van der Waals surface area contributed by atoms with Crippen molar-refractivity contribution in [3.63, 3.8) is 0 Å². The predicted octanol–water partition coefficient (Wildman–Crippen LogP) is 3.13. The molecular formula is C15H10FN3O2. The average molecular weight is 283 g/mol. The summed E-state index contributed by atoms with van der Waals surface area (Å²) in [7, 11) is 0. The van der Waals surface area contributed by atoms with E-state index in [0.717, 1.165) is 5.56 Å². The van der Waals surface area contributed by atoms with Crippen LogP contribution in [0.5, 0.6) is 0 Å². The largest absolute Gasteiger partial charge is 0.444 e. The number of carbonyl (C=O) groups is 1. The number of oxazole rings is 1. The van der Waals surface area contributed by atoms with Gasteiger partial charge in [-0.25, -0.2) is 9.97 Å². The van der Waals surface area contributed by atoms with Gasteiger partial charge in [0.15, 0.2) is 12.2 Å². The van der Waals surface area contributed by atoms with E-state index in [0.29, 0.717) is 11.4 Å². The summed E-state index contributed by atoms with van der Waals surface area (Å²) in [5.41, 5.74) is 1.34. The standard InChI is InChI=1S/C15H10FN3O2/c16-14-6-2-5-12(19-14)15(20)18-11-4-1-3-10(7-11)13-8-17-9-21-13/h1-9H,(H,18,20). The third-order valence-corrected chi connectivity index (χ3v) is 2.79. The minimum absolute atomic E-state index is 0.0140. The summed E-state index contributed by atoms with van der Waals surface area (Å²) < 4.78 is 18.2. The maximum absolute atomic E-state index is 13.0. The monoisotopic (exact) mass is 283 g/mol. The summed E-state index contributed by atoms with van der Waals surface area (Å²) in [6.07, 6.45) is 2.91. The SMILES string of the molecule is O=C(Nc1cccc(-c2cnco2)c1)c1cccc(F)n1. The Bertz CT molecular complexity index is 772. The molecule has 0 radical (unpaired) electrons. The fourth-order valence-electron chi connectivity index (χ4n) is 1.84. The molecule has 1 amide bonds. The maximum atomic E-state index is 13.0. The Kier molecular flexibility index (Phi) is 3.42. The van der Waals surface area contributed by atoms with Crippen molar-refractivity contribution in [2.45, 2.75) is 0 Å². The van der Waals surface area contributed by atoms with Crippen molar-refractivity contribution in [1.29, 1.82) is 0 Å². The Balaban J connectivity index is 1.82. The summed E-state index contributed by atoms with van der Waals surface area (Å²) in [5, 5.41) is 2.66. The highest BCUT2D eigenvalue weighted by Gasteiger charge is 2.09. The molecular weight excluding hydrogens is 273 g/mol. The van der Waals surface area contributed by atoms with Crippen LogP contribution in [-0.2, 0) is 0 Å². The van der Waals surface area contributed by atoms with E-state index in [1.165, 1.54) is 24.6 Å². The molecule has 0 saturated carbocycles. The van der Waals surface area contributed by atoms with Crippen LogP contribution >= 0.6 is 0 Å². The number of pyridine rings is 1. The maximum Gasteiger partial charge on any atom is 0.274 e. The molecule has 0 bridgehead atoms. The lowest BCUT2D eigenvalue weighted by molar-refractivity contribution is 0.102. The summed E-state index contributed by atoms with van der Waals surface area (Å²) >= 11 is 0. The zero-order valence-electron chi connectivity index (χ0n) is 10.8. The van der Waals surface area contributed by atoms with Crippen molar-refractivity contribution in [2.75, 3.05) is 5.32 Å². The highest BCUT2D eigenvalue weighted by Crippen LogP contribution is 2.22. The summed E-state index contributed by atoms with van der Waals surface area (Å²) in [6, 6.07) is 11.1. The molecule has 0 saturated heterocycles. The lowest BCUT2D eigenvalue weighted by Gasteiger charge is -2.06. The minimum Gasteiger partial charge on any atom is -0.444 e. The first-order valence-corrected chi connectivity index (χ1v) is 6.15. The molecule has 104 valence electrons. The van der Waals surface area contributed by atoms with Crippen molar-refractivity contribution >= 4 is 11.6 Å². The van der Waals surface area contributed by atoms with Gasteiger partial charge < -0.3 is 9.73 Å². The van der Waals surface area contributed by atoms with Crippen LogP contribution in [0.4, 0.5) is 10.1 Å². The Morgan fingerprint density at radius 2 is 2.05 bits per heavy atom. The Hall–Kier alpha value is -3.02. The van der Waals surface area contributed by atoms with Crippen LogP contribution in [-0.4, -0.2) is 15.9 Å². The van der Waals surface area contributed by atoms with Crippen LogP contribution in [0, 0.1) is 5.95 Å². The molecule has 0 aliphatic carbocycles. The molecule has 3 rings (SSSR count). The second-order valence-corrected chi connectivity index (χ2v) is 4.25. The first-order valence-electron chi connectivity index (χ1n) is 6.15. The van der Waals surface area contributed by atoms with Crippen molar-refractivity contribution in [3.8, 4) is 11.3 Å². The third-order valence-electron chi connectivity index (χ3n) is 2.79. The number of carbonyl (C=O) groups excluding carboxylic acids is 1. The molecule has 1 N–H and O–H groups in total. The Morgan fingerprint density at radius 3 is 2.81 bits per heavy atom. The molecule has 6 heteroatoms. The normalized spacial score (nSPS) is 10.3. The van der Waals surface area contributed by atoms with Crippen LogP contribution < -0.4 is 5.32 Å². The number of nitrogens with zero attached hydrogens (tertiary/aromatic N) is 2. The molecule has 0 aliphatic rings. The predicted molar refractivity (Wildman–Crippen MR) is 74.1 cm³/mol. The number of hydrogen-bond acceptors (Lipinski definition) is 4. The fraction of sp³-hybridized carbons (Fsp3) is 0. The van der Waals surface area contributed by atoms with Gasteiger partial charge in [0.05, 0.1) is 6.20 Å². The van der Waals surface area contributed by atoms with Crippen molar-refractivity contribution in [3.05, 3.63) is 66.7 Å². The average Bonchev–Trinajstić information content (AvgIpc) is 3.02. The molecule has 5 nitrogen and oxygen atoms in total. The molecule has 3 aromatic rings. The van der Waals surface area contributed by atoms with Crippen LogP contribution in [0.2, 0.25) is 0 Å². The first-order chi connectivity index (χ1) is 10.2. The highest BCUT2D eigenvalue weighted by molar-refractivity contribution is 6.03. The van der Waals surface area contributed by atoms with Gasteiger partial charge in [0.1, 0.15) is 5.69 Å². The molecule has 0 unspecified atom stereocenters.